The Labute approximate surface area is 193 Å². The Kier molecular flexibility index (Phi) is 6.25. The van der Waals surface area contributed by atoms with E-state index < -0.39 is 33.6 Å². The highest BCUT2D eigenvalue weighted by atomic mass is 32.2. The number of amides is 1. The van der Waals surface area contributed by atoms with Gasteiger partial charge in [-0.15, -0.1) is 0 Å². The van der Waals surface area contributed by atoms with Gasteiger partial charge >= 0.3 is 6.18 Å². The number of piperidine rings is 1. The van der Waals surface area contributed by atoms with Crippen LogP contribution in [0.4, 0.5) is 18.9 Å². The first-order valence-electron chi connectivity index (χ1n) is 10.4. The van der Waals surface area contributed by atoms with Gasteiger partial charge in [-0.3, -0.25) is 4.79 Å². The van der Waals surface area contributed by atoms with Crippen LogP contribution in [0.25, 0.3) is 5.69 Å². The Hall–Kier alpha value is -3.19. The van der Waals surface area contributed by atoms with E-state index in [1.165, 1.54) is 41.3 Å². The highest BCUT2D eigenvalue weighted by Gasteiger charge is 2.37. The summed E-state index contributed by atoms with van der Waals surface area (Å²) >= 11 is 0. The number of aromatic nitrogens is 3. The molecular weight excluding hydrogens is 475 g/mol. The third kappa shape index (κ3) is 4.57. The fourth-order valence-electron chi connectivity index (χ4n) is 4.01. The third-order valence-electron chi connectivity index (χ3n) is 5.65. The molecular formula is C21H22F3N5O4S. The largest absolute Gasteiger partial charge is 0.416 e. The summed E-state index contributed by atoms with van der Waals surface area (Å²) in [7, 11) is -3.95. The molecule has 1 atom stereocenters. The molecule has 0 saturated carbocycles. The van der Waals surface area contributed by atoms with Gasteiger partial charge in [-0.05, 0) is 51.0 Å². The molecule has 34 heavy (non-hydrogen) atoms. The van der Waals surface area contributed by atoms with Crippen LogP contribution in [0.1, 0.15) is 29.9 Å². The van der Waals surface area contributed by atoms with E-state index in [1.54, 1.807) is 6.07 Å². The Morgan fingerprint density at radius 1 is 1.26 bits per heavy atom. The predicted molar refractivity (Wildman–Crippen MR) is 115 cm³/mol. The number of sulfonamides is 1. The van der Waals surface area contributed by atoms with Gasteiger partial charge in [-0.1, -0.05) is 5.16 Å². The molecule has 3 aromatic rings. The maximum Gasteiger partial charge on any atom is 0.416 e. The lowest BCUT2D eigenvalue weighted by Gasteiger charge is -2.31. The lowest BCUT2D eigenvalue weighted by atomic mass is 9.98. The summed E-state index contributed by atoms with van der Waals surface area (Å²) in [6.45, 7) is 3.10. The van der Waals surface area contributed by atoms with Crippen LogP contribution in [0.3, 0.4) is 0 Å². The Balaban J connectivity index is 1.59. The Morgan fingerprint density at radius 3 is 2.65 bits per heavy atom. The normalized spacial score (nSPS) is 17.6. The van der Waals surface area contributed by atoms with Crippen molar-refractivity contribution in [3.05, 3.63) is 53.7 Å². The van der Waals surface area contributed by atoms with Crippen molar-refractivity contribution >= 4 is 21.6 Å². The van der Waals surface area contributed by atoms with Crippen molar-refractivity contribution in [1.29, 1.82) is 0 Å². The summed E-state index contributed by atoms with van der Waals surface area (Å²) in [5.41, 5.74) is -0.529. The van der Waals surface area contributed by atoms with Crippen LogP contribution in [0.2, 0.25) is 0 Å². The van der Waals surface area contributed by atoms with Gasteiger partial charge in [-0.2, -0.15) is 22.6 Å². The van der Waals surface area contributed by atoms with Crippen LogP contribution in [0, 0.1) is 19.8 Å². The first-order valence-corrected chi connectivity index (χ1v) is 11.9. The molecule has 1 saturated heterocycles. The molecule has 1 aliphatic rings. The highest BCUT2D eigenvalue weighted by Crippen LogP contribution is 2.34. The minimum Gasteiger partial charge on any atom is -0.360 e. The van der Waals surface area contributed by atoms with Crippen LogP contribution in [0.15, 0.2) is 46.1 Å². The van der Waals surface area contributed by atoms with E-state index in [2.05, 4.69) is 15.6 Å². The van der Waals surface area contributed by atoms with E-state index in [9.17, 15) is 26.4 Å². The van der Waals surface area contributed by atoms with Gasteiger partial charge in [0.1, 0.15) is 10.6 Å². The van der Waals surface area contributed by atoms with Crippen LogP contribution >= 0.6 is 0 Å². The van der Waals surface area contributed by atoms with Crippen molar-refractivity contribution in [3.8, 4) is 5.69 Å². The summed E-state index contributed by atoms with van der Waals surface area (Å²) < 4.78 is 73.7. The average molecular weight is 497 g/mol. The average Bonchev–Trinajstić information content (AvgIpc) is 3.43. The van der Waals surface area contributed by atoms with E-state index in [1.807, 2.05) is 0 Å². The van der Waals surface area contributed by atoms with Gasteiger partial charge < -0.3 is 9.84 Å². The maximum absolute atomic E-state index is 13.3. The molecule has 1 aromatic carbocycles. The molecule has 0 bridgehead atoms. The number of nitrogens with one attached hydrogen (secondary N) is 1. The molecule has 1 fully saturated rings. The minimum absolute atomic E-state index is 0.0348. The van der Waals surface area contributed by atoms with E-state index in [0.717, 1.165) is 12.1 Å². The number of halogens is 3. The molecule has 4 rings (SSSR count). The summed E-state index contributed by atoms with van der Waals surface area (Å²) in [6, 6.07) is 4.57. The summed E-state index contributed by atoms with van der Waals surface area (Å²) in [5.74, 6) is -1.19. The number of hydrogen-bond acceptors (Lipinski definition) is 6. The molecule has 1 N–H and O–H groups in total. The lowest BCUT2D eigenvalue weighted by Crippen LogP contribution is -2.44. The molecule has 13 heteroatoms. The molecule has 1 unspecified atom stereocenters. The number of anilines is 1. The number of aryl methyl sites for hydroxylation is 2. The third-order valence-corrected chi connectivity index (χ3v) is 7.76. The lowest BCUT2D eigenvalue weighted by molar-refractivity contribution is -0.137. The summed E-state index contributed by atoms with van der Waals surface area (Å²) in [6.07, 6.45) is -0.810. The topological polar surface area (TPSA) is 110 Å². The standard InChI is InChI=1S/C21H22F3N5O4S/c1-13-19(14(2)33-27-13)34(31,32)28-9-3-5-15(12-28)20(30)26-17-11-16(21(22,23)24)6-7-18(17)29-10-4-8-25-29/h4,6-8,10-11,15H,3,5,9,12H2,1-2H3,(H,26,30). The van der Waals surface area contributed by atoms with Crippen molar-refractivity contribution in [3.63, 3.8) is 0 Å². The molecule has 9 nitrogen and oxygen atoms in total. The molecule has 0 spiro atoms. The number of alkyl halides is 3. The first kappa shape index (κ1) is 24.0. The van der Waals surface area contributed by atoms with Crippen molar-refractivity contribution in [2.75, 3.05) is 18.4 Å². The van der Waals surface area contributed by atoms with Gasteiger partial charge in [0.2, 0.25) is 15.9 Å². The monoisotopic (exact) mass is 497 g/mol. The van der Waals surface area contributed by atoms with Gasteiger partial charge in [0.25, 0.3) is 0 Å². The number of carbonyl (C=O) groups excluding carboxylic acids is 1. The predicted octanol–water partition coefficient (Wildman–Crippen LogP) is 3.54. The Morgan fingerprint density at radius 2 is 2.03 bits per heavy atom. The van der Waals surface area contributed by atoms with Gasteiger partial charge in [0.05, 0.1) is 22.9 Å². The molecule has 1 aliphatic heterocycles. The van der Waals surface area contributed by atoms with Crippen molar-refractivity contribution in [1.82, 2.24) is 19.2 Å². The molecule has 1 amide bonds. The molecule has 182 valence electrons. The van der Waals surface area contributed by atoms with Crippen molar-refractivity contribution < 1.29 is 30.9 Å². The fourth-order valence-corrected chi connectivity index (χ4v) is 5.82. The van der Waals surface area contributed by atoms with E-state index in [4.69, 9.17) is 4.52 Å². The number of carbonyl (C=O) groups is 1. The van der Waals surface area contributed by atoms with E-state index in [-0.39, 0.29) is 40.8 Å². The number of nitrogens with zero attached hydrogens (tertiary/aromatic N) is 4. The number of rotatable bonds is 5. The van der Waals surface area contributed by atoms with Crippen molar-refractivity contribution in [2.45, 2.75) is 37.8 Å². The SMILES string of the molecule is Cc1noc(C)c1S(=O)(=O)N1CCCC(C(=O)Nc2cc(C(F)(F)F)ccc2-n2cccn2)C1. The van der Waals surface area contributed by atoms with Crippen LogP contribution in [-0.4, -0.2) is 46.7 Å². The minimum atomic E-state index is -4.60. The number of hydrogen-bond donors (Lipinski definition) is 1. The second-order valence-electron chi connectivity index (χ2n) is 8.03. The molecule has 0 radical (unpaired) electrons. The molecule has 2 aromatic heterocycles. The van der Waals surface area contributed by atoms with Crippen LogP contribution in [-0.2, 0) is 21.0 Å². The highest BCUT2D eigenvalue weighted by molar-refractivity contribution is 7.89. The van der Waals surface area contributed by atoms with E-state index in [0.29, 0.717) is 12.8 Å². The Bertz CT molecular complexity index is 1280. The first-order chi connectivity index (χ1) is 16.0. The van der Waals surface area contributed by atoms with Gasteiger partial charge in [-0.25, -0.2) is 13.1 Å². The zero-order chi connectivity index (χ0) is 24.7. The summed E-state index contributed by atoms with van der Waals surface area (Å²) in [5, 5.41) is 10.3. The summed E-state index contributed by atoms with van der Waals surface area (Å²) in [4.78, 5) is 13.0. The maximum atomic E-state index is 13.3. The second-order valence-corrected chi connectivity index (χ2v) is 9.90. The quantitative estimate of drug-likeness (QED) is 0.578. The van der Waals surface area contributed by atoms with Crippen LogP contribution in [0.5, 0.6) is 0 Å². The molecule has 3 heterocycles. The zero-order valence-corrected chi connectivity index (χ0v) is 19.2. The van der Waals surface area contributed by atoms with Gasteiger partial charge in [0, 0.05) is 25.5 Å². The van der Waals surface area contributed by atoms with E-state index >= 15 is 0 Å². The fraction of sp³-hybridized carbons (Fsp3) is 0.381. The number of benzene rings is 1. The smallest absolute Gasteiger partial charge is 0.360 e. The zero-order valence-electron chi connectivity index (χ0n) is 18.3. The van der Waals surface area contributed by atoms with Crippen molar-refractivity contribution in [2.24, 2.45) is 5.92 Å². The van der Waals surface area contributed by atoms with Gasteiger partial charge in [0.15, 0.2) is 5.76 Å². The molecule has 0 aliphatic carbocycles. The second kappa shape index (κ2) is 8.87. The van der Waals surface area contributed by atoms with Crippen LogP contribution < -0.4 is 5.32 Å².